The molecule has 3 aromatic carbocycles. The van der Waals surface area contributed by atoms with Crippen molar-refractivity contribution in [1.29, 1.82) is 0 Å². The lowest BCUT2D eigenvalue weighted by atomic mass is 10.0. The van der Waals surface area contributed by atoms with Crippen LogP contribution in [0, 0.1) is 10.1 Å². The molecule has 4 rings (SSSR count). The third kappa shape index (κ3) is 2.68. The molecule has 0 aliphatic rings. The zero-order valence-corrected chi connectivity index (χ0v) is 13.5. The molecular weight excluding hydrogens is 312 g/mol. The lowest BCUT2D eigenvalue weighted by Gasteiger charge is -2.19. The van der Waals surface area contributed by atoms with Crippen LogP contribution < -0.4 is 4.43 Å². The number of hydrogen-bond donors (Lipinski definition) is 0. The van der Waals surface area contributed by atoms with Crippen molar-refractivity contribution in [2.24, 2.45) is 0 Å². The van der Waals surface area contributed by atoms with E-state index in [0.29, 0.717) is 28.8 Å². The van der Waals surface area contributed by atoms with Gasteiger partial charge >= 0.3 is 0 Å². The lowest BCUT2D eigenvalue weighted by molar-refractivity contribution is -0.452. The van der Waals surface area contributed by atoms with E-state index in [1.54, 1.807) is 24.3 Å². The molecule has 0 unspecified atom stereocenters. The molecular formula is C21H16N2O2. The maximum atomic E-state index is 13.1. The predicted molar refractivity (Wildman–Crippen MR) is 98.8 cm³/mol. The first-order valence-corrected chi connectivity index (χ1v) is 8.12. The molecule has 4 nitrogen and oxygen atoms in total. The fourth-order valence-corrected chi connectivity index (χ4v) is 3.11. The van der Waals surface area contributed by atoms with Crippen molar-refractivity contribution in [3.63, 3.8) is 0 Å². The molecule has 0 radical (unpaired) electrons. The van der Waals surface area contributed by atoms with Crippen LogP contribution >= 0.6 is 0 Å². The topological polar surface area (TPSA) is 51.0 Å². The molecule has 25 heavy (non-hydrogen) atoms. The Morgan fingerprint density at radius 2 is 1.40 bits per heavy atom. The summed E-state index contributed by atoms with van der Waals surface area (Å²) in [7, 11) is 0. The van der Waals surface area contributed by atoms with Crippen LogP contribution in [0.2, 0.25) is 0 Å². The van der Waals surface area contributed by atoms with E-state index in [1.165, 1.54) is 0 Å². The highest BCUT2D eigenvalue weighted by atomic mass is 16.5. The van der Waals surface area contributed by atoms with E-state index in [1.807, 2.05) is 60.7 Å². The summed E-state index contributed by atoms with van der Waals surface area (Å²) in [4.78, 5) is 13.1. The summed E-state index contributed by atoms with van der Waals surface area (Å²) in [5.74, 6) is 0. The highest BCUT2D eigenvalue weighted by molar-refractivity contribution is 5.75. The molecule has 0 fully saturated rings. The fourth-order valence-electron chi connectivity index (χ4n) is 3.11. The zero-order chi connectivity index (χ0) is 17.2. The van der Waals surface area contributed by atoms with Gasteiger partial charge in [0.2, 0.25) is 0 Å². The maximum Gasteiger partial charge on any atom is 0.290 e. The second-order valence-electron chi connectivity index (χ2n) is 5.90. The van der Waals surface area contributed by atoms with E-state index in [2.05, 4.69) is 0 Å². The number of rotatable bonds is 3. The van der Waals surface area contributed by atoms with Crippen LogP contribution in [0.25, 0.3) is 22.3 Å². The molecule has 1 heterocycles. The Morgan fingerprint density at radius 3 is 2.12 bits per heavy atom. The van der Waals surface area contributed by atoms with Crippen LogP contribution in [0.1, 0.15) is 11.3 Å². The second-order valence-corrected chi connectivity index (χ2v) is 5.90. The predicted octanol–water partition coefficient (Wildman–Crippen LogP) is 4.16. The van der Waals surface area contributed by atoms with Gasteiger partial charge in [-0.15, -0.1) is 0 Å². The molecule has 0 bridgehead atoms. The molecule has 122 valence electrons. The fraction of sp³-hybridized carbons (Fsp3) is 0.0476. The van der Waals surface area contributed by atoms with E-state index in [4.69, 9.17) is 0 Å². The van der Waals surface area contributed by atoms with Gasteiger partial charge in [-0.05, 0) is 23.8 Å². The number of benzene rings is 3. The van der Waals surface area contributed by atoms with Gasteiger partial charge in [-0.2, -0.15) is 0 Å². The first-order valence-electron chi connectivity index (χ1n) is 8.12. The van der Waals surface area contributed by atoms with Gasteiger partial charge in [0, 0.05) is 17.4 Å². The van der Waals surface area contributed by atoms with Crippen LogP contribution in [-0.4, -0.2) is 4.73 Å². The van der Waals surface area contributed by atoms with Crippen molar-refractivity contribution in [1.82, 2.24) is 4.73 Å². The molecule has 0 spiro atoms. The minimum atomic E-state index is 0.369. The molecule has 0 saturated heterocycles. The van der Waals surface area contributed by atoms with Crippen molar-refractivity contribution in [2.75, 3.05) is 0 Å². The van der Waals surface area contributed by atoms with Crippen LogP contribution in [0.4, 0.5) is 0 Å². The maximum absolute atomic E-state index is 13.1. The summed E-state index contributed by atoms with van der Waals surface area (Å²) in [6, 6.07) is 25.9. The van der Waals surface area contributed by atoms with Gasteiger partial charge in [-0.3, -0.25) is 0 Å². The van der Waals surface area contributed by atoms with Gasteiger partial charge in [0.25, 0.3) is 11.2 Å². The number of hydrogen-bond acceptors (Lipinski definition) is 2. The van der Waals surface area contributed by atoms with Gasteiger partial charge in [-0.1, -0.05) is 60.7 Å². The number of para-hydroxylation sites is 2. The van der Waals surface area contributed by atoms with Crippen LogP contribution in [0.5, 0.6) is 0 Å². The zero-order valence-electron chi connectivity index (χ0n) is 13.5. The summed E-state index contributed by atoms with van der Waals surface area (Å²) in [6.07, 6.45) is 0.391. The first kappa shape index (κ1) is 15.1. The minimum Gasteiger partial charge on any atom is -0.805 e. The van der Waals surface area contributed by atoms with E-state index >= 15 is 0 Å². The van der Waals surface area contributed by atoms with Crippen LogP contribution in [0.3, 0.4) is 0 Å². The summed E-state index contributed by atoms with van der Waals surface area (Å²) >= 11 is 0. The third-order valence-corrected chi connectivity index (χ3v) is 4.30. The SMILES string of the molecule is O=[n+]1c(-c2ccccc2)c(Cc2ccccc2)n([O-])c2ccccc21. The van der Waals surface area contributed by atoms with Crippen molar-refractivity contribution < 1.29 is 4.43 Å². The van der Waals surface area contributed by atoms with E-state index in [9.17, 15) is 10.1 Å². The van der Waals surface area contributed by atoms with Gasteiger partial charge < -0.3 is 9.94 Å². The molecule has 4 aromatic rings. The smallest absolute Gasteiger partial charge is 0.290 e. The molecule has 0 atom stereocenters. The summed E-state index contributed by atoms with van der Waals surface area (Å²) in [6.45, 7) is 0. The number of aromatic nitrogens is 2. The van der Waals surface area contributed by atoms with Crippen molar-refractivity contribution in [2.45, 2.75) is 6.42 Å². The highest BCUT2D eigenvalue weighted by Crippen LogP contribution is 2.25. The van der Waals surface area contributed by atoms with E-state index in [0.717, 1.165) is 20.3 Å². The Hall–Kier alpha value is -3.40. The Kier molecular flexibility index (Phi) is 3.78. The quantitative estimate of drug-likeness (QED) is 0.530. The standard InChI is InChI=1S/C21H16N2O2/c24-22-18-13-7-8-14-19(18)23(25)21(17-11-5-2-6-12-17)20(22)15-16-9-3-1-4-10-16/h1-14H,15H2. The molecule has 1 aromatic heterocycles. The van der Waals surface area contributed by atoms with Gasteiger partial charge in [0.15, 0.2) is 0 Å². The molecule has 4 heteroatoms. The van der Waals surface area contributed by atoms with E-state index in [-0.39, 0.29) is 0 Å². The van der Waals surface area contributed by atoms with Crippen molar-refractivity contribution in [3.8, 4) is 11.3 Å². The first-order chi connectivity index (χ1) is 12.3. The average Bonchev–Trinajstić information content (AvgIpc) is 2.68. The van der Waals surface area contributed by atoms with Crippen molar-refractivity contribution >= 4 is 11.0 Å². The monoisotopic (exact) mass is 328 g/mol. The molecule has 0 aliphatic heterocycles. The molecule has 0 saturated carbocycles. The average molecular weight is 328 g/mol. The lowest BCUT2D eigenvalue weighted by Crippen LogP contribution is -2.25. The minimum absolute atomic E-state index is 0.369. The molecule has 0 amide bonds. The van der Waals surface area contributed by atoms with E-state index < -0.39 is 0 Å². The summed E-state index contributed by atoms with van der Waals surface area (Å²) in [5, 5.41) is 13.0. The van der Waals surface area contributed by atoms with Crippen molar-refractivity contribution in [3.05, 3.63) is 106 Å². The normalized spacial score (nSPS) is 10.9. The Labute approximate surface area is 144 Å². The second kappa shape index (κ2) is 6.24. The van der Waals surface area contributed by atoms with Crippen LogP contribution in [0.15, 0.2) is 84.9 Å². The molecule has 0 N–H and O–H groups in total. The number of fused-ring (bicyclic) bond motifs is 1. The largest absolute Gasteiger partial charge is 0.805 e. The van der Waals surface area contributed by atoms with Crippen LogP contribution in [-0.2, 0) is 6.42 Å². The summed E-state index contributed by atoms with van der Waals surface area (Å²) in [5.41, 5.74) is 3.32. The van der Waals surface area contributed by atoms with Gasteiger partial charge in [-0.25, -0.2) is 0 Å². The Bertz CT molecular complexity index is 1090. The Morgan fingerprint density at radius 1 is 0.800 bits per heavy atom. The molecule has 0 aliphatic carbocycles. The van der Waals surface area contributed by atoms with Gasteiger partial charge in [0.05, 0.1) is 15.7 Å². The third-order valence-electron chi connectivity index (χ3n) is 4.30. The number of nitrogens with zero attached hydrogens (tertiary/aromatic N) is 2. The Balaban J connectivity index is 2.05. The highest BCUT2D eigenvalue weighted by Gasteiger charge is 2.23. The summed E-state index contributed by atoms with van der Waals surface area (Å²) < 4.78 is 1.76. The van der Waals surface area contributed by atoms with Gasteiger partial charge in [0.1, 0.15) is 5.52 Å².